The van der Waals surface area contributed by atoms with Crippen molar-refractivity contribution >= 4 is 17.4 Å². The quantitative estimate of drug-likeness (QED) is 0.671. The average molecular weight is 215 g/mol. The molecule has 1 aliphatic carbocycles. The first kappa shape index (κ1) is 9.58. The van der Waals surface area contributed by atoms with Crippen LogP contribution in [0.2, 0.25) is 0 Å². The van der Waals surface area contributed by atoms with Crippen molar-refractivity contribution in [2.45, 2.75) is 25.2 Å². The van der Waals surface area contributed by atoms with Gasteiger partial charge >= 0.3 is 0 Å². The number of hydrogen-bond donors (Lipinski definition) is 0. The number of benzene rings is 1. The van der Waals surface area contributed by atoms with E-state index in [2.05, 4.69) is 0 Å². The predicted molar refractivity (Wildman–Crippen MR) is 60.8 cm³/mol. The lowest BCUT2D eigenvalue weighted by atomic mass is 9.91. The Hall–Kier alpha value is -1.64. The normalized spacial score (nSPS) is 20.1. The van der Waals surface area contributed by atoms with Crippen LogP contribution in [0.1, 0.15) is 35.7 Å². The van der Waals surface area contributed by atoms with E-state index in [1.807, 2.05) is 18.2 Å². The van der Waals surface area contributed by atoms with Crippen LogP contribution < -0.4 is 4.90 Å². The molecule has 0 unspecified atom stereocenters. The van der Waals surface area contributed by atoms with Gasteiger partial charge in [0.1, 0.15) is 0 Å². The first-order chi connectivity index (χ1) is 7.58. The van der Waals surface area contributed by atoms with E-state index in [0.29, 0.717) is 5.56 Å². The van der Waals surface area contributed by atoms with Crippen LogP contribution in [0.15, 0.2) is 18.2 Å². The molecule has 1 aliphatic heterocycles. The summed E-state index contributed by atoms with van der Waals surface area (Å²) in [7, 11) is 1.79. The van der Waals surface area contributed by atoms with Crippen molar-refractivity contribution in [3.05, 3.63) is 29.3 Å². The number of rotatable bonds is 1. The Kier molecular flexibility index (Phi) is 1.63. The SMILES string of the molecule is CC(=O)c1cccc2c1C1(CC1)C(=O)N2C. The van der Waals surface area contributed by atoms with Gasteiger partial charge in [-0.15, -0.1) is 0 Å². The highest BCUT2D eigenvalue weighted by molar-refractivity contribution is 6.13. The molecule has 0 bridgehead atoms. The van der Waals surface area contributed by atoms with Gasteiger partial charge in [0, 0.05) is 23.9 Å². The number of carbonyl (C=O) groups excluding carboxylic acids is 2. The zero-order valence-corrected chi connectivity index (χ0v) is 9.41. The number of ketones is 1. The second kappa shape index (κ2) is 2.73. The van der Waals surface area contributed by atoms with Crippen molar-refractivity contribution < 1.29 is 9.59 Å². The van der Waals surface area contributed by atoms with E-state index in [9.17, 15) is 9.59 Å². The molecule has 1 heterocycles. The van der Waals surface area contributed by atoms with Crippen molar-refractivity contribution in [2.75, 3.05) is 11.9 Å². The zero-order chi connectivity index (χ0) is 11.5. The molecular formula is C13H13NO2. The summed E-state index contributed by atoms with van der Waals surface area (Å²) in [6.07, 6.45) is 1.76. The molecule has 3 heteroatoms. The molecule has 1 amide bonds. The third-order valence-electron chi connectivity index (χ3n) is 3.73. The standard InChI is InChI=1S/C13H13NO2/c1-8(15)9-4-3-5-10-11(9)13(6-7-13)12(16)14(10)2/h3-5H,6-7H2,1-2H3. The van der Waals surface area contributed by atoms with Crippen molar-refractivity contribution in [1.82, 2.24) is 0 Å². The summed E-state index contributed by atoms with van der Waals surface area (Å²) >= 11 is 0. The number of likely N-dealkylation sites (N-methyl/N-ethyl adjacent to an activating group) is 1. The lowest BCUT2D eigenvalue weighted by molar-refractivity contribution is -0.119. The molecule has 1 fully saturated rings. The molecule has 2 aliphatic rings. The van der Waals surface area contributed by atoms with Gasteiger partial charge in [0.05, 0.1) is 5.41 Å². The second-order valence-electron chi connectivity index (χ2n) is 4.70. The predicted octanol–water partition coefficient (Wildman–Crippen LogP) is 1.90. The number of amides is 1. The average Bonchev–Trinajstić information content (AvgIpc) is 3.03. The van der Waals surface area contributed by atoms with Gasteiger partial charge in [-0.3, -0.25) is 9.59 Å². The van der Waals surface area contributed by atoms with Crippen LogP contribution in [-0.4, -0.2) is 18.7 Å². The zero-order valence-electron chi connectivity index (χ0n) is 9.41. The van der Waals surface area contributed by atoms with Gasteiger partial charge in [-0.1, -0.05) is 12.1 Å². The van der Waals surface area contributed by atoms with E-state index in [0.717, 1.165) is 24.1 Å². The Bertz CT molecular complexity index is 515. The van der Waals surface area contributed by atoms with Crippen LogP contribution >= 0.6 is 0 Å². The van der Waals surface area contributed by atoms with E-state index in [-0.39, 0.29) is 17.1 Å². The number of fused-ring (bicyclic) bond motifs is 2. The summed E-state index contributed by atoms with van der Waals surface area (Å²) in [6, 6.07) is 5.60. The van der Waals surface area contributed by atoms with Crippen molar-refractivity contribution in [1.29, 1.82) is 0 Å². The van der Waals surface area contributed by atoms with E-state index in [1.165, 1.54) is 0 Å². The molecule has 82 valence electrons. The van der Waals surface area contributed by atoms with Crippen molar-refractivity contribution in [3.8, 4) is 0 Å². The van der Waals surface area contributed by atoms with Gasteiger partial charge in [0.2, 0.25) is 5.91 Å². The van der Waals surface area contributed by atoms with Crippen molar-refractivity contribution in [2.24, 2.45) is 0 Å². The number of carbonyl (C=O) groups is 2. The summed E-state index contributed by atoms with van der Waals surface area (Å²) in [6.45, 7) is 1.56. The van der Waals surface area contributed by atoms with Crippen LogP contribution in [0.5, 0.6) is 0 Å². The topological polar surface area (TPSA) is 37.4 Å². The third-order valence-corrected chi connectivity index (χ3v) is 3.73. The summed E-state index contributed by atoms with van der Waals surface area (Å²) < 4.78 is 0. The number of anilines is 1. The van der Waals surface area contributed by atoms with E-state index in [1.54, 1.807) is 18.9 Å². The highest BCUT2D eigenvalue weighted by Gasteiger charge is 2.59. The molecule has 3 nitrogen and oxygen atoms in total. The van der Waals surface area contributed by atoms with Gasteiger partial charge in [-0.25, -0.2) is 0 Å². The molecule has 1 aromatic rings. The molecule has 16 heavy (non-hydrogen) atoms. The molecule has 0 N–H and O–H groups in total. The van der Waals surface area contributed by atoms with Gasteiger partial charge < -0.3 is 4.90 Å². The first-order valence-electron chi connectivity index (χ1n) is 5.50. The van der Waals surface area contributed by atoms with Crippen molar-refractivity contribution in [3.63, 3.8) is 0 Å². The van der Waals surface area contributed by atoms with Crippen LogP contribution in [0.4, 0.5) is 5.69 Å². The second-order valence-corrected chi connectivity index (χ2v) is 4.70. The maximum Gasteiger partial charge on any atom is 0.237 e. The third kappa shape index (κ3) is 0.932. The molecule has 0 atom stereocenters. The number of hydrogen-bond acceptors (Lipinski definition) is 2. The minimum Gasteiger partial charge on any atom is -0.314 e. The summed E-state index contributed by atoms with van der Waals surface area (Å²) in [5.41, 5.74) is 2.24. The lowest BCUT2D eigenvalue weighted by Gasteiger charge is -2.10. The van der Waals surface area contributed by atoms with Crippen LogP contribution in [0.3, 0.4) is 0 Å². The minimum atomic E-state index is -0.355. The Morgan fingerprint density at radius 3 is 2.62 bits per heavy atom. The van der Waals surface area contributed by atoms with Gasteiger partial charge in [-0.05, 0) is 25.8 Å². The minimum absolute atomic E-state index is 0.0474. The summed E-state index contributed by atoms with van der Waals surface area (Å²) in [5.74, 6) is 0.197. The van der Waals surface area contributed by atoms with Gasteiger partial charge in [-0.2, -0.15) is 0 Å². The fraction of sp³-hybridized carbons (Fsp3) is 0.385. The molecule has 1 saturated carbocycles. The summed E-state index contributed by atoms with van der Waals surface area (Å²) in [5, 5.41) is 0. The summed E-state index contributed by atoms with van der Waals surface area (Å²) in [4.78, 5) is 25.4. The first-order valence-corrected chi connectivity index (χ1v) is 5.50. The Morgan fingerprint density at radius 1 is 1.38 bits per heavy atom. The van der Waals surface area contributed by atoms with Gasteiger partial charge in [0.15, 0.2) is 5.78 Å². The molecule has 0 radical (unpaired) electrons. The monoisotopic (exact) mass is 215 g/mol. The molecule has 0 aromatic heterocycles. The number of Topliss-reactive ketones (excluding diaryl/α,β-unsaturated/α-hetero) is 1. The molecule has 0 saturated heterocycles. The smallest absolute Gasteiger partial charge is 0.237 e. The Morgan fingerprint density at radius 2 is 2.06 bits per heavy atom. The molecule has 1 aromatic carbocycles. The largest absolute Gasteiger partial charge is 0.314 e. The molecule has 1 spiro atoms. The maximum absolute atomic E-state index is 12.1. The fourth-order valence-electron chi connectivity index (χ4n) is 2.74. The lowest BCUT2D eigenvalue weighted by Crippen LogP contribution is -2.28. The highest BCUT2D eigenvalue weighted by atomic mass is 16.2. The number of nitrogens with zero attached hydrogens (tertiary/aromatic N) is 1. The van der Waals surface area contributed by atoms with Crippen LogP contribution in [0, 0.1) is 0 Å². The molecule has 3 rings (SSSR count). The molecular weight excluding hydrogens is 202 g/mol. The van der Waals surface area contributed by atoms with E-state index >= 15 is 0 Å². The van der Waals surface area contributed by atoms with E-state index in [4.69, 9.17) is 0 Å². The maximum atomic E-state index is 12.1. The van der Waals surface area contributed by atoms with Crippen LogP contribution in [0.25, 0.3) is 0 Å². The fourth-order valence-corrected chi connectivity index (χ4v) is 2.74. The van der Waals surface area contributed by atoms with Gasteiger partial charge in [0.25, 0.3) is 0 Å². The van der Waals surface area contributed by atoms with E-state index < -0.39 is 0 Å². The van der Waals surface area contributed by atoms with Crippen LogP contribution in [-0.2, 0) is 10.2 Å². The Labute approximate surface area is 94.1 Å². The Balaban J connectivity index is 2.31. The highest BCUT2D eigenvalue weighted by Crippen LogP contribution is 2.58.